The van der Waals surface area contributed by atoms with Gasteiger partial charge in [0, 0.05) is 18.9 Å². The van der Waals surface area contributed by atoms with E-state index in [1.807, 2.05) is 19.1 Å². The second-order valence-corrected chi connectivity index (χ2v) is 8.71. The normalized spacial score (nSPS) is 12.8. The summed E-state index contributed by atoms with van der Waals surface area (Å²) >= 11 is 0. The fourth-order valence-electron chi connectivity index (χ4n) is 4.53. The SMILES string of the molecule is CCOc1cc(CNC(=O)CC(c2ccc3c(c2)OCO3)c2c(O)c3ccccc3oc2=O)ccc1OC. The number of benzene rings is 3. The summed E-state index contributed by atoms with van der Waals surface area (Å²) in [6.07, 6.45) is -0.120. The van der Waals surface area contributed by atoms with Crippen molar-refractivity contribution in [3.8, 4) is 28.7 Å². The summed E-state index contributed by atoms with van der Waals surface area (Å²) < 4.78 is 27.4. The van der Waals surface area contributed by atoms with Gasteiger partial charge in [0.15, 0.2) is 23.0 Å². The van der Waals surface area contributed by atoms with E-state index in [9.17, 15) is 14.7 Å². The molecule has 0 bridgehead atoms. The minimum atomic E-state index is -0.805. The molecule has 2 N–H and O–H groups in total. The van der Waals surface area contributed by atoms with Gasteiger partial charge in [0.05, 0.1) is 24.7 Å². The predicted octanol–water partition coefficient (Wildman–Crippen LogP) is 4.47. The molecule has 1 amide bonds. The van der Waals surface area contributed by atoms with Gasteiger partial charge in [-0.1, -0.05) is 24.3 Å². The van der Waals surface area contributed by atoms with Gasteiger partial charge in [-0.05, 0) is 54.4 Å². The molecule has 9 nitrogen and oxygen atoms in total. The number of hydrogen-bond acceptors (Lipinski definition) is 8. The van der Waals surface area contributed by atoms with E-state index in [-0.39, 0.29) is 42.6 Å². The summed E-state index contributed by atoms with van der Waals surface area (Å²) in [5.41, 5.74) is 0.965. The van der Waals surface area contributed by atoms with Gasteiger partial charge in [-0.25, -0.2) is 4.79 Å². The van der Waals surface area contributed by atoms with Crippen molar-refractivity contribution in [1.82, 2.24) is 5.32 Å². The Morgan fingerprint density at radius 2 is 1.87 bits per heavy atom. The standard InChI is InChI=1S/C29H27NO8/c1-3-35-24-12-17(8-10-22(24)34-2)15-30-26(31)14-20(18-9-11-23-25(13-18)37-16-36-23)27-28(32)19-6-4-5-7-21(19)38-29(27)33/h4-13,20,32H,3,14-16H2,1-2H3,(H,30,31). The summed E-state index contributed by atoms with van der Waals surface area (Å²) in [4.78, 5) is 26.3. The highest BCUT2D eigenvalue weighted by Crippen LogP contribution is 2.40. The van der Waals surface area contributed by atoms with Crippen LogP contribution in [0.2, 0.25) is 0 Å². The van der Waals surface area contributed by atoms with Crippen molar-refractivity contribution < 1.29 is 33.3 Å². The number of methoxy groups -OCH3 is 1. The summed E-state index contributed by atoms with van der Waals surface area (Å²) in [5.74, 6) is 0.898. The molecule has 1 aromatic heterocycles. The molecular formula is C29H27NO8. The van der Waals surface area contributed by atoms with Crippen LogP contribution in [0.1, 0.15) is 36.0 Å². The summed E-state index contributed by atoms with van der Waals surface area (Å²) in [5, 5.41) is 14.4. The molecule has 2 heterocycles. The average molecular weight is 518 g/mol. The van der Waals surface area contributed by atoms with E-state index in [1.165, 1.54) is 0 Å². The van der Waals surface area contributed by atoms with Crippen LogP contribution in [-0.2, 0) is 11.3 Å². The minimum Gasteiger partial charge on any atom is -0.507 e. The monoisotopic (exact) mass is 517 g/mol. The molecule has 1 aliphatic rings. The predicted molar refractivity (Wildman–Crippen MR) is 139 cm³/mol. The van der Waals surface area contributed by atoms with Crippen LogP contribution in [0.4, 0.5) is 0 Å². The molecule has 3 aromatic carbocycles. The maximum absolute atomic E-state index is 13.2. The van der Waals surface area contributed by atoms with Crippen LogP contribution in [0, 0.1) is 0 Å². The number of carbonyl (C=O) groups excluding carboxylic acids is 1. The first-order chi connectivity index (χ1) is 18.5. The number of aromatic hydroxyl groups is 1. The van der Waals surface area contributed by atoms with Gasteiger partial charge in [-0.15, -0.1) is 0 Å². The molecule has 5 rings (SSSR count). The lowest BCUT2D eigenvalue weighted by atomic mass is 9.87. The third-order valence-electron chi connectivity index (χ3n) is 6.37. The molecule has 4 aromatic rings. The summed E-state index contributed by atoms with van der Waals surface area (Å²) in [6, 6.07) is 17.3. The number of para-hydroxylation sites is 1. The van der Waals surface area contributed by atoms with E-state index in [0.717, 1.165) is 5.56 Å². The van der Waals surface area contributed by atoms with Gasteiger partial charge in [-0.3, -0.25) is 4.79 Å². The molecule has 1 unspecified atom stereocenters. The van der Waals surface area contributed by atoms with Crippen LogP contribution < -0.4 is 29.9 Å². The number of fused-ring (bicyclic) bond motifs is 2. The number of nitrogens with one attached hydrogen (secondary N) is 1. The first-order valence-corrected chi connectivity index (χ1v) is 12.2. The Bertz CT molecular complexity index is 1540. The Morgan fingerprint density at radius 3 is 2.68 bits per heavy atom. The third-order valence-corrected chi connectivity index (χ3v) is 6.37. The second kappa shape index (κ2) is 10.8. The Labute approximate surface area is 218 Å². The number of carbonyl (C=O) groups is 1. The third kappa shape index (κ3) is 4.95. The maximum Gasteiger partial charge on any atom is 0.343 e. The topological polar surface area (TPSA) is 116 Å². The van der Waals surface area contributed by atoms with E-state index in [0.29, 0.717) is 40.6 Å². The molecule has 0 saturated heterocycles. The highest BCUT2D eigenvalue weighted by atomic mass is 16.7. The lowest BCUT2D eigenvalue weighted by Gasteiger charge is -2.19. The van der Waals surface area contributed by atoms with Crippen LogP contribution >= 0.6 is 0 Å². The van der Waals surface area contributed by atoms with E-state index < -0.39 is 11.5 Å². The zero-order valence-electron chi connectivity index (χ0n) is 21.0. The van der Waals surface area contributed by atoms with Gasteiger partial charge in [-0.2, -0.15) is 0 Å². The molecule has 38 heavy (non-hydrogen) atoms. The molecule has 196 valence electrons. The van der Waals surface area contributed by atoms with Gasteiger partial charge in [0.2, 0.25) is 12.7 Å². The fourth-order valence-corrected chi connectivity index (χ4v) is 4.53. The van der Waals surface area contributed by atoms with Crippen LogP contribution in [0.3, 0.4) is 0 Å². The lowest BCUT2D eigenvalue weighted by Crippen LogP contribution is -2.26. The van der Waals surface area contributed by atoms with E-state index in [2.05, 4.69) is 5.32 Å². The van der Waals surface area contributed by atoms with E-state index in [4.69, 9.17) is 23.4 Å². The quantitative estimate of drug-likeness (QED) is 0.313. The Balaban J connectivity index is 1.45. The first kappa shape index (κ1) is 25.0. The van der Waals surface area contributed by atoms with Crippen molar-refractivity contribution >= 4 is 16.9 Å². The number of amides is 1. The van der Waals surface area contributed by atoms with Gasteiger partial charge in [0.25, 0.3) is 0 Å². The summed E-state index contributed by atoms with van der Waals surface area (Å²) in [7, 11) is 1.56. The average Bonchev–Trinajstić information content (AvgIpc) is 3.40. The molecular weight excluding hydrogens is 490 g/mol. The molecule has 1 aliphatic heterocycles. The molecule has 0 saturated carbocycles. The van der Waals surface area contributed by atoms with Crippen molar-refractivity contribution in [2.24, 2.45) is 0 Å². The van der Waals surface area contributed by atoms with Crippen LogP contribution in [-0.4, -0.2) is 31.5 Å². The summed E-state index contributed by atoms with van der Waals surface area (Å²) in [6.45, 7) is 2.66. The maximum atomic E-state index is 13.2. The Kier molecular flexibility index (Phi) is 7.08. The van der Waals surface area contributed by atoms with Crippen molar-refractivity contribution in [3.63, 3.8) is 0 Å². The fraction of sp³-hybridized carbons (Fsp3) is 0.241. The molecule has 0 aliphatic carbocycles. The van der Waals surface area contributed by atoms with E-state index >= 15 is 0 Å². The smallest absolute Gasteiger partial charge is 0.343 e. The molecule has 0 spiro atoms. The van der Waals surface area contributed by atoms with Gasteiger partial charge in [0.1, 0.15) is 11.3 Å². The highest BCUT2D eigenvalue weighted by molar-refractivity contribution is 5.85. The first-order valence-electron chi connectivity index (χ1n) is 12.2. The van der Waals surface area contributed by atoms with Crippen molar-refractivity contribution in [3.05, 3.63) is 87.8 Å². The van der Waals surface area contributed by atoms with Crippen LogP contribution in [0.5, 0.6) is 28.7 Å². The van der Waals surface area contributed by atoms with Gasteiger partial charge < -0.3 is 33.8 Å². The van der Waals surface area contributed by atoms with Crippen LogP contribution in [0.25, 0.3) is 11.0 Å². The van der Waals surface area contributed by atoms with E-state index in [1.54, 1.807) is 55.6 Å². The Morgan fingerprint density at radius 1 is 1.05 bits per heavy atom. The highest BCUT2D eigenvalue weighted by Gasteiger charge is 2.28. The zero-order chi connectivity index (χ0) is 26.6. The Hall–Kier alpha value is -4.66. The largest absolute Gasteiger partial charge is 0.507 e. The van der Waals surface area contributed by atoms with Crippen molar-refractivity contribution in [1.29, 1.82) is 0 Å². The molecule has 0 fully saturated rings. The van der Waals surface area contributed by atoms with Gasteiger partial charge >= 0.3 is 5.63 Å². The number of rotatable bonds is 9. The lowest BCUT2D eigenvalue weighted by molar-refractivity contribution is -0.121. The van der Waals surface area contributed by atoms with Crippen molar-refractivity contribution in [2.75, 3.05) is 20.5 Å². The van der Waals surface area contributed by atoms with Crippen LogP contribution in [0.15, 0.2) is 69.9 Å². The number of hydrogen-bond donors (Lipinski definition) is 2. The molecule has 0 radical (unpaired) electrons. The number of ether oxygens (including phenoxy) is 4. The van der Waals surface area contributed by atoms with Crippen molar-refractivity contribution in [2.45, 2.75) is 25.8 Å². The minimum absolute atomic E-state index is 0.000736. The zero-order valence-corrected chi connectivity index (χ0v) is 21.0. The molecule has 1 atom stereocenters. The molecule has 9 heteroatoms. The second-order valence-electron chi connectivity index (χ2n) is 8.71.